The third kappa shape index (κ3) is 4.37. The first kappa shape index (κ1) is 14.5. The van der Waals surface area contributed by atoms with Crippen molar-refractivity contribution in [2.75, 3.05) is 5.32 Å². The fourth-order valence-corrected chi connectivity index (χ4v) is 1.54. The summed E-state index contributed by atoms with van der Waals surface area (Å²) in [6.45, 7) is 3.66. The van der Waals surface area contributed by atoms with Crippen LogP contribution >= 0.6 is 15.9 Å². The molecule has 4 N–H and O–H groups in total. The lowest BCUT2D eigenvalue weighted by atomic mass is 10.1. The summed E-state index contributed by atoms with van der Waals surface area (Å²) in [7, 11) is 0. The molecule has 3 amide bonds. The number of amides is 3. The maximum Gasteiger partial charge on any atom is 0.316 e. The normalized spacial score (nSPS) is 13.5. The Morgan fingerprint density at radius 2 is 1.78 bits per heavy atom. The number of carbonyl (C=O) groups is 2. The van der Waals surface area contributed by atoms with Crippen molar-refractivity contribution in [1.82, 2.24) is 5.32 Å². The number of nitrogens with two attached hydrogens (primary N) is 1. The third-order valence-electron chi connectivity index (χ3n) is 2.40. The van der Waals surface area contributed by atoms with Crippen LogP contribution in [0.3, 0.4) is 0 Å². The summed E-state index contributed by atoms with van der Waals surface area (Å²) in [5.74, 6) is -0.0677. The van der Waals surface area contributed by atoms with Crippen LogP contribution in [0.5, 0.6) is 0 Å². The molecule has 98 valence electrons. The molecule has 0 saturated heterocycles. The summed E-state index contributed by atoms with van der Waals surface area (Å²) in [5, 5.41) is 5.33. The Hall–Kier alpha value is -1.56. The van der Waals surface area contributed by atoms with Gasteiger partial charge in [0.2, 0.25) is 5.91 Å². The molecule has 0 aliphatic heterocycles. The first-order valence-electron chi connectivity index (χ1n) is 5.51. The van der Waals surface area contributed by atoms with Crippen LogP contribution in [0, 0.1) is 0 Å². The molecule has 5 nitrogen and oxygen atoms in total. The molecule has 0 aliphatic carbocycles. The van der Waals surface area contributed by atoms with Gasteiger partial charge in [-0.05, 0) is 31.5 Å². The molecule has 6 heteroatoms. The van der Waals surface area contributed by atoms with Gasteiger partial charge in [-0.3, -0.25) is 4.79 Å². The lowest BCUT2D eigenvalue weighted by molar-refractivity contribution is -0.120. The number of carbonyl (C=O) groups excluding carboxylic acids is 2. The van der Waals surface area contributed by atoms with E-state index in [1.165, 1.54) is 0 Å². The van der Waals surface area contributed by atoms with E-state index in [1.807, 2.05) is 19.1 Å². The number of halogens is 1. The largest absolute Gasteiger partial charge is 0.351 e. The first-order chi connectivity index (χ1) is 8.40. The van der Waals surface area contributed by atoms with Crippen molar-refractivity contribution in [2.45, 2.75) is 24.7 Å². The fraction of sp³-hybridized carbons (Fsp3) is 0.333. The summed E-state index contributed by atoms with van der Waals surface area (Å²) >= 11 is 3.21. The number of alkyl halides is 1. The van der Waals surface area contributed by atoms with Crippen LogP contribution in [-0.2, 0) is 4.79 Å². The highest BCUT2D eigenvalue weighted by molar-refractivity contribution is 9.10. The summed E-state index contributed by atoms with van der Waals surface area (Å²) in [6, 6.07) is 6.43. The highest BCUT2D eigenvalue weighted by atomic mass is 79.9. The van der Waals surface area contributed by atoms with Crippen LogP contribution < -0.4 is 16.4 Å². The Bertz CT molecular complexity index is 431. The molecule has 0 aliphatic rings. The minimum atomic E-state index is -0.600. The van der Waals surface area contributed by atoms with Gasteiger partial charge >= 0.3 is 6.03 Å². The summed E-state index contributed by atoms with van der Waals surface area (Å²) < 4.78 is 0. The minimum Gasteiger partial charge on any atom is -0.351 e. The van der Waals surface area contributed by atoms with Crippen molar-refractivity contribution in [2.24, 2.45) is 5.73 Å². The molecule has 0 fully saturated rings. The predicted octanol–water partition coefficient (Wildman–Crippen LogP) is 2.14. The minimum absolute atomic E-state index is 0.0677. The van der Waals surface area contributed by atoms with Crippen molar-refractivity contribution in [3.05, 3.63) is 29.8 Å². The number of hydrogen-bond acceptors (Lipinski definition) is 2. The zero-order valence-electron chi connectivity index (χ0n) is 10.2. The number of nitrogens with one attached hydrogen (secondary N) is 2. The van der Waals surface area contributed by atoms with E-state index >= 15 is 0 Å². The molecule has 0 saturated carbocycles. The van der Waals surface area contributed by atoms with Gasteiger partial charge in [0.05, 0.1) is 10.9 Å². The molecular formula is C12H16BrN3O2. The lowest BCUT2D eigenvalue weighted by Crippen LogP contribution is -2.31. The monoisotopic (exact) mass is 313 g/mol. The maximum absolute atomic E-state index is 11.5. The number of benzene rings is 1. The fourth-order valence-electron chi connectivity index (χ4n) is 1.41. The van der Waals surface area contributed by atoms with Gasteiger partial charge in [0.25, 0.3) is 0 Å². The number of primary amides is 1. The Labute approximate surface area is 114 Å². The van der Waals surface area contributed by atoms with Crippen molar-refractivity contribution in [1.29, 1.82) is 0 Å². The number of urea groups is 1. The zero-order valence-corrected chi connectivity index (χ0v) is 11.8. The third-order valence-corrected chi connectivity index (χ3v) is 2.81. The van der Waals surface area contributed by atoms with E-state index in [4.69, 9.17) is 5.73 Å². The molecule has 0 aromatic heterocycles. The second-order valence-electron chi connectivity index (χ2n) is 3.96. The van der Waals surface area contributed by atoms with Gasteiger partial charge in [-0.25, -0.2) is 4.79 Å². The molecule has 1 aromatic carbocycles. The zero-order chi connectivity index (χ0) is 13.7. The molecule has 2 unspecified atom stereocenters. The van der Waals surface area contributed by atoms with Gasteiger partial charge in [0.15, 0.2) is 0 Å². The van der Waals surface area contributed by atoms with Crippen LogP contribution in [0.1, 0.15) is 25.5 Å². The standard InChI is InChI=1S/C12H16BrN3O2/c1-7(13)11(17)15-8(2)9-3-5-10(6-4-9)16-12(14)18/h3-8H,1-2H3,(H,15,17)(H3,14,16,18). The van der Waals surface area contributed by atoms with Gasteiger partial charge in [-0.1, -0.05) is 28.1 Å². The first-order valence-corrected chi connectivity index (χ1v) is 6.42. The Morgan fingerprint density at radius 1 is 1.22 bits per heavy atom. The number of rotatable bonds is 4. The average Bonchev–Trinajstić information content (AvgIpc) is 2.28. The van der Waals surface area contributed by atoms with Gasteiger partial charge in [0.1, 0.15) is 0 Å². The van der Waals surface area contributed by atoms with E-state index in [9.17, 15) is 9.59 Å². The van der Waals surface area contributed by atoms with Crippen LogP contribution in [0.2, 0.25) is 0 Å². The molecule has 1 rings (SSSR count). The highest BCUT2D eigenvalue weighted by Crippen LogP contribution is 2.16. The molecule has 18 heavy (non-hydrogen) atoms. The SMILES string of the molecule is CC(Br)C(=O)NC(C)c1ccc(NC(N)=O)cc1. The maximum atomic E-state index is 11.5. The second-order valence-corrected chi connectivity index (χ2v) is 5.33. The van der Waals surface area contributed by atoms with E-state index in [0.29, 0.717) is 5.69 Å². The molecular weight excluding hydrogens is 298 g/mol. The van der Waals surface area contributed by atoms with Gasteiger partial charge in [0, 0.05) is 5.69 Å². The smallest absolute Gasteiger partial charge is 0.316 e. The second kappa shape index (κ2) is 6.39. The van der Waals surface area contributed by atoms with Crippen LogP contribution in [0.4, 0.5) is 10.5 Å². The number of anilines is 1. The summed E-state index contributed by atoms with van der Waals surface area (Å²) in [4.78, 5) is 21.9. The quantitative estimate of drug-likeness (QED) is 0.744. The highest BCUT2D eigenvalue weighted by Gasteiger charge is 2.13. The molecule has 2 atom stereocenters. The summed E-state index contributed by atoms with van der Waals surface area (Å²) in [5.41, 5.74) is 6.58. The van der Waals surface area contributed by atoms with Gasteiger partial charge < -0.3 is 16.4 Å². The van der Waals surface area contributed by atoms with E-state index in [1.54, 1.807) is 19.1 Å². The Morgan fingerprint density at radius 3 is 2.22 bits per heavy atom. The van der Waals surface area contributed by atoms with Gasteiger partial charge in [-0.2, -0.15) is 0 Å². The average molecular weight is 314 g/mol. The Kier molecular flexibility index (Phi) is 5.15. The van der Waals surface area contributed by atoms with E-state index in [0.717, 1.165) is 5.56 Å². The van der Waals surface area contributed by atoms with Crippen LogP contribution in [0.25, 0.3) is 0 Å². The summed E-state index contributed by atoms with van der Waals surface area (Å²) in [6.07, 6.45) is 0. The van der Waals surface area contributed by atoms with E-state index < -0.39 is 6.03 Å². The predicted molar refractivity (Wildman–Crippen MR) is 74.6 cm³/mol. The van der Waals surface area contributed by atoms with Crippen molar-refractivity contribution in [3.8, 4) is 0 Å². The number of hydrogen-bond donors (Lipinski definition) is 3. The molecule has 0 bridgehead atoms. The van der Waals surface area contributed by atoms with E-state index in [2.05, 4.69) is 26.6 Å². The van der Waals surface area contributed by atoms with Crippen LogP contribution in [0.15, 0.2) is 24.3 Å². The molecule has 0 spiro atoms. The Balaban J connectivity index is 2.67. The molecule has 1 aromatic rings. The van der Waals surface area contributed by atoms with E-state index in [-0.39, 0.29) is 16.8 Å². The molecule has 0 heterocycles. The van der Waals surface area contributed by atoms with Crippen molar-refractivity contribution < 1.29 is 9.59 Å². The van der Waals surface area contributed by atoms with Gasteiger partial charge in [-0.15, -0.1) is 0 Å². The topological polar surface area (TPSA) is 84.2 Å². The van der Waals surface area contributed by atoms with Crippen LogP contribution in [-0.4, -0.2) is 16.8 Å². The van der Waals surface area contributed by atoms with Crippen molar-refractivity contribution >= 4 is 33.6 Å². The molecule has 0 radical (unpaired) electrons. The van der Waals surface area contributed by atoms with Crippen molar-refractivity contribution in [3.63, 3.8) is 0 Å². The lowest BCUT2D eigenvalue weighted by Gasteiger charge is -2.15.